The van der Waals surface area contributed by atoms with Gasteiger partial charge >= 0.3 is 0 Å². The average Bonchev–Trinajstić information content (AvgIpc) is 2.92. The predicted octanol–water partition coefficient (Wildman–Crippen LogP) is 4.08. The number of rotatable bonds is 6. The molecule has 144 valence electrons. The topological polar surface area (TPSA) is 54.2 Å². The third-order valence-corrected chi connectivity index (χ3v) is 3.73. The third kappa shape index (κ3) is 7.35. The summed E-state index contributed by atoms with van der Waals surface area (Å²) in [4.78, 5) is 4.68. The van der Waals surface area contributed by atoms with Crippen molar-refractivity contribution in [2.24, 2.45) is 4.99 Å². The first-order chi connectivity index (χ1) is 11.9. The Morgan fingerprint density at radius 1 is 1.19 bits per heavy atom. The van der Waals surface area contributed by atoms with Crippen LogP contribution in [0.3, 0.4) is 0 Å². The van der Waals surface area contributed by atoms with Crippen molar-refractivity contribution < 1.29 is 0 Å². The maximum absolute atomic E-state index is 4.68. The first-order valence-corrected chi connectivity index (χ1v) is 9.06. The number of aliphatic imine (C=N–C) groups is 1. The number of aromatic nitrogens is 2. The van der Waals surface area contributed by atoms with E-state index >= 15 is 0 Å². The van der Waals surface area contributed by atoms with E-state index in [1.54, 1.807) is 0 Å². The Bertz CT molecular complexity index is 686. The highest BCUT2D eigenvalue weighted by Gasteiger charge is 2.11. The lowest BCUT2D eigenvalue weighted by Gasteiger charge is -2.23. The summed E-state index contributed by atoms with van der Waals surface area (Å²) in [5.41, 5.74) is 3.48. The molecule has 0 fully saturated rings. The van der Waals surface area contributed by atoms with Gasteiger partial charge in [-0.25, -0.2) is 4.68 Å². The molecule has 0 radical (unpaired) electrons. The van der Waals surface area contributed by atoms with Crippen molar-refractivity contribution in [3.8, 4) is 5.69 Å². The van der Waals surface area contributed by atoms with Crippen LogP contribution in [0.5, 0.6) is 0 Å². The largest absolute Gasteiger partial charge is 0.357 e. The Hall–Kier alpha value is -1.57. The fourth-order valence-corrected chi connectivity index (χ4v) is 2.58. The molecular formula is C20H32IN5. The molecule has 1 aromatic heterocycles. The van der Waals surface area contributed by atoms with Crippen LogP contribution < -0.4 is 10.6 Å². The molecule has 0 bridgehead atoms. The number of hydrogen-bond acceptors (Lipinski definition) is 2. The second-order valence-electron chi connectivity index (χ2n) is 7.26. The lowest BCUT2D eigenvalue weighted by Crippen LogP contribution is -2.47. The lowest BCUT2D eigenvalue weighted by atomic mass is 10.1. The molecule has 6 heteroatoms. The van der Waals surface area contributed by atoms with E-state index in [9.17, 15) is 0 Å². The smallest absolute Gasteiger partial charge is 0.191 e. The molecule has 0 aliphatic heterocycles. The van der Waals surface area contributed by atoms with Gasteiger partial charge in [-0.1, -0.05) is 18.2 Å². The molecular weight excluding hydrogens is 437 g/mol. The van der Waals surface area contributed by atoms with Crippen LogP contribution in [0.25, 0.3) is 5.69 Å². The summed E-state index contributed by atoms with van der Waals surface area (Å²) < 4.78 is 1.96. The monoisotopic (exact) mass is 469 g/mol. The number of benzene rings is 1. The summed E-state index contributed by atoms with van der Waals surface area (Å²) in [7, 11) is 0. The molecule has 2 rings (SSSR count). The molecule has 0 saturated heterocycles. The van der Waals surface area contributed by atoms with Gasteiger partial charge in [0, 0.05) is 24.8 Å². The van der Waals surface area contributed by atoms with Crippen LogP contribution in [0, 0.1) is 6.92 Å². The van der Waals surface area contributed by atoms with Crippen LogP contribution in [-0.4, -0.2) is 34.4 Å². The SMILES string of the molecule is CCNC(=NCCCc1cn(-c2ccccc2)nc1C)NC(C)(C)C.I. The van der Waals surface area contributed by atoms with E-state index < -0.39 is 0 Å². The Morgan fingerprint density at radius 3 is 2.50 bits per heavy atom. The van der Waals surface area contributed by atoms with Crippen molar-refractivity contribution in [3.05, 3.63) is 47.8 Å². The zero-order chi connectivity index (χ0) is 18.3. The summed E-state index contributed by atoms with van der Waals surface area (Å²) in [6.45, 7) is 12.2. The average molecular weight is 469 g/mol. The van der Waals surface area contributed by atoms with Crippen molar-refractivity contribution in [2.45, 2.75) is 53.0 Å². The molecule has 2 aromatic rings. The van der Waals surface area contributed by atoms with Crippen molar-refractivity contribution in [2.75, 3.05) is 13.1 Å². The van der Waals surface area contributed by atoms with Gasteiger partial charge in [0.15, 0.2) is 5.96 Å². The summed E-state index contributed by atoms with van der Waals surface area (Å²) in [5.74, 6) is 0.881. The molecule has 0 unspecified atom stereocenters. The van der Waals surface area contributed by atoms with Gasteiger partial charge in [0.1, 0.15) is 0 Å². The number of hydrogen-bond donors (Lipinski definition) is 2. The zero-order valence-electron chi connectivity index (χ0n) is 16.5. The fraction of sp³-hybridized carbons (Fsp3) is 0.500. The van der Waals surface area contributed by atoms with E-state index in [2.05, 4.69) is 73.7 Å². The van der Waals surface area contributed by atoms with Gasteiger partial charge in [0.2, 0.25) is 0 Å². The molecule has 0 atom stereocenters. The minimum Gasteiger partial charge on any atom is -0.357 e. The maximum atomic E-state index is 4.68. The number of halogens is 1. The van der Waals surface area contributed by atoms with Gasteiger partial charge in [-0.15, -0.1) is 24.0 Å². The molecule has 2 N–H and O–H groups in total. The standard InChI is InChI=1S/C20H31N5.HI/c1-6-21-19(23-20(3,4)5)22-14-10-11-17-15-25(24-16(17)2)18-12-8-7-9-13-18;/h7-9,12-13,15H,6,10-11,14H2,1-5H3,(H2,21,22,23);1H. The van der Waals surface area contributed by atoms with Crippen molar-refractivity contribution >= 4 is 29.9 Å². The first kappa shape index (κ1) is 22.5. The van der Waals surface area contributed by atoms with E-state index in [4.69, 9.17) is 0 Å². The third-order valence-electron chi connectivity index (χ3n) is 3.73. The Balaban J connectivity index is 0.00000338. The van der Waals surface area contributed by atoms with E-state index in [-0.39, 0.29) is 29.5 Å². The maximum Gasteiger partial charge on any atom is 0.191 e. The van der Waals surface area contributed by atoms with E-state index in [0.717, 1.165) is 43.3 Å². The molecule has 0 aliphatic rings. The number of aryl methyl sites for hydroxylation is 2. The molecule has 26 heavy (non-hydrogen) atoms. The highest BCUT2D eigenvalue weighted by atomic mass is 127. The second-order valence-corrected chi connectivity index (χ2v) is 7.26. The van der Waals surface area contributed by atoms with Crippen LogP contribution in [0.15, 0.2) is 41.5 Å². The van der Waals surface area contributed by atoms with Crippen LogP contribution in [0.4, 0.5) is 0 Å². The highest BCUT2D eigenvalue weighted by molar-refractivity contribution is 14.0. The predicted molar refractivity (Wildman–Crippen MR) is 121 cm³/mol. The van der Waals surface area contributed by atoms with Gasteiger partial charge in [-0.05, 0) is 65.2 Å². The fourth-order valence-electron chi connectivity index (χ4n) is 2.58. The van der Waals surface area contributed by atoms with Gasteiger partial charge in [-0.2, -0.15) is 5.10 Å². The zero-order valence-corrected chi connectivity index (χ0v) is 18.9. The van der Waals surface area contributed by atoms with Gasteiger partial charge in [0.25, 0.3) is 0 Å². The van der Waals surface area contributed by atoms with Gasteiger partial charge in [0.05, 0.1) is 11.4 Å². The van der Waals surface area contributed by atoms with Crippen molar-refractivity contribution in [1.82, 2.24) is 20.4 Å². The second kappa shape index (κ2) is 10.5. The minimum absolute atomic E-state index is 0. The Labute approximate surface area is 174 Å². The summed E-state index contributed by atoms with van der Waals surface area (Å²) in [6, 6.07) is 10.2. The molecule has 1 heterocycles. The van der Waals surface area contributed by atoms with E-state index in [0.29, 0.717) is 0 Å². The molecule has 0 amide bonds. The Morgan fingerprint density at radius 2 is 1.88 bits per heavy atom. The number of nitrogens with one attached hydrogen (secondary N) is 2. The normalized spacial score (nSPS) is 11.8. The van der Waals surface area contributed by atoms with Crippen molar-refractivity contribution in [1.29, 1.82) is 0 Å². The lowest BCUT2D eigenvalue weighted by molar-refractivity contribution is 0.501. The Kier molecular flexibility index (Phi) is 9.12. The van der Waals surface area contributed by atoms with Crippen LogP contribution in [0.2, 0.25) is 0 Å². The molecule has 1 aromatic carbocycles. The molecule has 0 aliphatic carbocycles. The molecule has 0 spiro atoms. The summed E-state index contributed by atoms with van der Waals surface area (Å²) in [6.07, 6.45) is 4.12. The van der Waals surface area contributed by atoms with Gasteiger partial charge in [-0.3, -0.25) is 4.99 Å². The highest BCUT2D eigenvalue weighted by Crippen LogP contribution is 2.13. The van der Waals surface area contributed by atoms with Crippen molar-refractivity contribution in [3.63, 3.8) is 0 Å². The van der Waals surface area contributed by atoms with E-state index in [1.807, 2.05) is 22.9 Å². The summed E-state index contributed by atoms with van der Waals surface area (Å²) >= 11 is 0. The number of nitrogens with zero attached hydrogens (tertiary/aromatic N) is 3. The first-order valence-electron chi connectivity index (χ1n) is 9.06. The molecule has 5 nitrogen and oxygen atoms in total. The van der Waals surface area contributed by atoms with Crippen LogP contribution in [0.1, 0.15) is 45.4 Å². The molecule has 0 saturated carbocycles. The van der Waals surface area contributed by atoms with Crippen LogP contribution >= 0.6 is 24.0 Å². The van der Waals surface area contributed by atoms with Gasteiger partial charge < -0.3 is 10.6 Å². The quantitative estimate of drug-likeness (QED) is 0.290. The van der Waals surface area contributed by atoms with Crippen LogP contribution in [-0.2, 0) is 6.42 Å². The minimum atomic E-state index is 0. The number of guanidine groups is 1. The van der Waals surface area contributed by atoms with E-state index in [1.165, 1.54) is 5.56 Å². The summed E-state index contributed by atoms with van der Waals surface area (Å²) in [5, 5.41) is 11.3. The number of para-hydroxylation sites is 1.